The van der Waals surface area contributed by atoms with E-state index < -0.39 is 0 Å². The lowest BCUT2D eigenvalue weighted by Gasteiger charge is -2.18. The molecule has 0 saturated carbocycles. The van der Waals surface area contributed by atoms with Crippen LogP contribution in [0.4, 0.5) is 0 Å². The van der Waals surface area contributed by atoms with E-state index >= 15 is 0 Å². The maximum atomic E-state index is 10.2. The highest BCUT2D eigenvalue weighted by molar-refractivity contribution is 6.30. The monoisotopic (exact) mass is 351 g/mol. The fourth-order valence-electron chi connectivity index (χ4n) is 4.04. The van der Waals surface area contributed by atoms with Crippen LogP contribution < -0.4 is 0 Å². The standard InChI is InChI=1S/C22H22ClNO/c1-22(2)12-18-20(15-6-4-3-5-7-15)21(19(13-25)24(18)14-22)16-8-10-17(23)11-9-16/h3-11,25H,12-14H2,1-2H3. The molecule has 1 aliphatic rings. The first kappa shape index (κ1) is 16.4. The SMILES string of the molecule is CC1(C)Cc2c(-c3ccccc3)c(-c3ccc(Cl)cc3)c(CO)n2C1. The van der Waals surface area contributed by atoms with Gasteiger partial charge in [0.15, 0.2) is 0 Å². The molecule has 2 aromatic carbocycles. The predicted octanol–water partition coefficient (Wildman–Crippen LogP) is 5.55. The van der Waals surface area contributed by atoms with Crippen molar-refractivity contribution >= 4 is 11.6 Å². The number of aromatic nitrogens is 1. The topological polar surface area (TPSA) is 25.2 Å². The van der Waals surface area contributed by atoms with Gasteiger partial charge >= 0.3 is 0 Å². The molecule has 3 heteroatoms. The second-order valence-electron chi connectivity index (χ2n) is 7.60. The van der Waals surface area contributed by atoms with Gasteiger partial charge in [-0.15, -0.1) is 0 Å². The fourth-order valence-corrected chi connectivity index (χ4v) is 4.17. The van der Waals surface area contributed by atoms with Gasteiger partial charge in [-0.1, -0.05) is 67.9 Å². The van der Waals surface area contributed by atoms with Crippen LogP contribution in [0, 0.1) is 5.41 Å². The molecule has 4 rings (SSSR count). The number of benzene rings is 2. The first-order valence-electron chi connectivity index (χ1n) is 8.66. The van der Waals surface area contributed by atoms with Crippen molar-refractivity contribution < 1.29 is 5.11 Å². The Bertz CT molecular complexity index is 907. The van der Waals surface area contributed by atoms with E-state index in [4.69, 9.17) is 11.6 Å². The zero-order valence-corrected chi connectivity index (χ0v) is 15.3. The summed E-state index contributed by atoms with van der Waals surface area (Å²) in [6, 6.07) is 18.4. The first-order valence-corrected chi connectivity index (χ1v) is 9.04. The van der Waals surface area contributed by atoms with Gasteiger partial charge in [0.05, 0.1) is 12.3 Å². The molecule has 0 atom stereocenters. The maximum Gasteiger partial charge on any atom is 0.0839 e. The number of hydrogen-bond acceptors (Lipinski definition) is 1. The second kappa shape index (κ2) is 6.05. The summed E-state index contributed by atoms with van der Waals surface area (Å²) in [5.74, 6) is 0. The van der Waals surface area contributed by atoms with Crippen LogP contribution in [0.25, 0.3) is 22.3 Å². The Morgan fingerprint density at radius 2 is 1.60 bits per heavy atom. The molecular formula is C22H22ClNO. The van der Waals surface area contributed by atoms with Gasteiger partial charge in [-0.3, -0.25) is 0 Å². The smallest absolute Gasteiger partial charge is 0.0839 e. The van der Waals surface area contributed by atoms with Crippen molar-refractivity contribution in [1.82, 2.24) is 4.57 Å². The zero-order valence-electron chi connectivity index (χ0n) is 14.6. The largest absolute Gasteiger partial charge is 0.390 e. The van der Waals surface area contributed by atoms with Crippen molar-refractivity contribution in [3.63, 3.8) is 0 Å². The average Bonchev–Trinajstić information content (AvgIpc) is 3.06. The maximum absolute atomic E-state index is 10.2. The Kier molecular flexibility index (Phi) is 3.98. The predicted molar refractivity (Wildman–Crippen MR) is 104 cm³/mol. The molecule has 1 aliphatic heterocycles. The van der Waals surface area contributed by atoms with Gasteiger partial charge in [0.1, 0.15) is 0 Å². The van der Waals surface area contributed by atoms with E-state index in [2.05, 4.69) is 42.7 Å². The number of halogens is 1. The van der Waals surface area contributed by atoms with Gasteiger partial charge < -0.3 is 9.67 Å². The third-order valence-electron chi connectivity index (χ3n) is 5.06. The molecule has 0 saturated heterocycles. The molecule has 25 heavy (non-hydrogen) atoms. The molecule has 0 fully saturated rings. The van der Waals surface area contributed by atoms with Crippen LogP contribution in [0.1, 0.15) is 25.2 Å². The average molecular weight is 352 g/mol. The molecule has 0 amide bonds. The van der Waals surface area contributed by atoms with Crippen molar-refractivity contribution in [3.8, 4) is 22.3 Å². The molecular weight excluding hydrogens is 330 g/mol. The van der Waals surface area contributed by atoms with E-state index in [9.17, 15) is 5.11 Å². The molecule has 2 nitrogen and oxygen atoms in total. The Balaban J connectivity index is 2.02. The van der Waals surface area contributed by atoms with Crippen molar-refractivity contribution in [2.45, 2.75) is 33.4 Å². The van der Waals surface area contributed by atoms with Crippen LogP contribution in [0.2, 0.25) is 5.02 Å². The first-order chi connectivity index (χ1) is 12.0. The van der Waals surface area contributed by atoms with Crippen molar-refractivity contribution in [3.05, 3.63) is 71.0 Å². The molecule has 128 valence electrons. The lowest BCUT2D eigenvalue weighted by molar-refractivity contribution is 0.266. The lowest BCUT2D eigenvalue weighted by atomic mass is 9.86. The van der Waals surface area contributed by atoms with Crippen LogP contribution in [-0.4, -0.2) is 9.67 Å². The van der Waals surface area contributed by atoms with E-state index in [-0.39, 0.29) is 12.0 Å². The minimum atomic E-state index is 0.0356. The van der Waals surface area contributed by atoms with E-state index in [1.165, 1.54) is 16.8 Å². The molecule has 0 unspecified atom stereocenters. The highest BCUT2D eigenvalue weighted by atomic mass is 35.5. The van der Waals surface area contributed by atoms with Gasteiger partial charge in [0.2, 0.25) is 0 Å². The summed E-state index contributed by atoms with van der Waals surface area (Å²) in [5.41, 5.74) is 7.22. The van der Waals surface area contributed by atoms with E-state index in [0.29, 0.717) is 0 Å². The summed E-state index contributed by atoms with van der Waals surface area (Å²) in [5, 5.41) is 10.9. The summed E-state index contributed by atoms with van der Waals surface area (Å²) in [7, 11) is 0. The minimum absolute atomic E-state index is 0.0356. The summed E-state index contributed by atoms with van der Waals surface area (Å²) < 4.78 is 2.33. The van der Waals surface area contributed by atoms with Gasteiger partial charge in [-0.05, 0) is 35.1 Å². The summed E-state index contributed by atoms with van der Waals surface area (Å²) in [6.07, 6.45) is 1.01. The molecule has 2 heterocycles. The third-order valence-corrected chi connectivity index (χ3v) is 5.31. The zero-order chi connectivity index (χ0) is 17.6. The second-order valence-corrected chi connectivity index (χ2v) is 8.04. The third kappa shape index (κ3) is 2.80. The summed E-state index contributed by atoms with van der Waals surface area (Å²) in [4.78, 5) is 0. The molecule has 1 N–H and O–H groups in total. The molecule has 3 aromatic rings. The number of rotatable bonds is 3. The van der Waals surface area contributed by atoms with Crippen LogP contribution in [0.5, 0.6) is 0 Å². The lowest BCUT2D eigenvalue weighted by Crippen LogP contribution is -2.14. The van der Waals surface area contributed by atoms with Crippen LogP contribution >= 0.6 is 11.6 Å². The number of nitrogens with zero attached hydrogens (tertiary/aromatic N) is 1. The van der Waals surface area contributed by atoms with Gasteiger partial charge in [0.25, 0.3) is 0 Å². The molecule has 0 aliphatic carbocycles. The van der Waals surface area contributed by atoms with Crippen molar-refractivity contribution in [1.29, 1.82) is 0 Å². The summed E-state index contributed by atoms with van der Waals surface area (Å²) in [6.45, 7) is 5.55. The fraction of sp³-hybridized carbons (Fsp3) is 0.273. The number of aliphatic hydroxyl groups is 1. The summed E-state index contributed by atoms with van der Waals surface area (Å²) >= 11 is 6.09. The van der Waals surface area contributed by atoms with Crippen LogP contribution in [-0.2, 0) is 19.6 Å². The Morgan fingerprint density at radius 3 is 2.24 bits per heavy atom. The Labute approximate surface area is 153 Å². The highest BCUT2D eigenvalue weighted by Gasteiger charge is 2.35. The molecule has 0 bridgehead atoms. The van der Waals surface area contributed by atoms with Crippen molar-refractivity contribution in [2.75, 3.05) is 0 Å². The van der Waals surface area contributed by atoms with Gasteiger partial charge in [-0.2, -0.15) is 0 Å². The van der Waals surface area contributed by atoms with E-state index in [1.807, 2.05) is 30.3 Å². The minimum Gasteiger partial charge on any atom is -0.390 e. The number of fused-ring (bicyclic) bond motifs is 1. The molecule has 1 aromatic heterocycles. The van der Waals surface area contributed by atoms with Crippen LogP contribution in [0.3, 0.4) is 0 Å². The normalized spacial score (nSPS) is 15.4. The molecule has 0 spiro atoms. The number of hydrogen-bond donors (Lipinski definition) is 1. The van der Waals surface area contributed by atoms with Gasteiger partial charge in [0, 0.05) is 28.4 Å². The van der Waals surface area contributed by atoms with E-state index in [1.54, 1.807) is 0 Å². The quantitative estimate of drug-likeness (QED) is 0.657. The van der Waals surface area contributed by atoms with Crippen molar-refractivity contribution in [2.24, 2.45) is 5.41 Å². The van der Waals surface area contributed by atoms with Gasteiger partial charge in [-0.25, -0.2) is 0 Å². The Morgan fingerprint density at radius 1 is 0.960 bits per heavy atom. The van der Waals surface area contributed by atoms with E-state index in [0.717, 1.165) is 34.8 Å². The van der Waals surface area contributed by atoms with Crippen LogP contribution in [0.15, 0.2) is 54.6 Å². The highest BCUT2D eigenvalue weighted by Crippen LogP contribution is 2.46. The Hall–Kier alpha value is -2.03. The number of aliphatic hydroxyl groups excluding tert-OH is 1. The molecule has 0 radical (unpaired) electrons.